The second-order valence-corrected chi connectivity index (χ2v) is 8.21. The number of oxazole rings is 1. The van der Waals surface area contributed by atoms with E-state index in [2.05, 4.69) is 18.6 Å². The average molecular weight is 374 g/mol. The molecule has 3 aromatic rings. The highest BCUT2D eigenvalue weighted by Crippen LogP contribution is 2.23. The molecule has 0 amide bonds. The van der Waals surface area contributed by atoms with Gasteiger partial charge < -0.3 is 4.42 Å². The molecule has 0 unspecified atom stereocenters. The van der Waals surface area contributed by atoms with Crippen molar-refractivity contribution in [1.82, 2.24) is 4.57 Å². The molecule has 1 aromatic heterocycles. The lowest BCUT2D eigenvalue weighted by atomic mass is 10.0. The van der Waals surface area contributed by atoms with Crippen molar-refractivity contribution >= 4 is 26.8 Å². The van der Waals surface area contributed by atoms with Crippen LogP contribution < -0.4 is 10.5 Å². The van der Waals surface area contributed by atoms with Gasteiger partial charge in [0.05, 0.1) is 16.1 Å². The quantitative estimate of drug-likeness (QED) is 0.709. The maximum absolute atomic E-state index is 12.6. The number of aromatic nitrogens is 1. The van der Waals surface area contributed by atoms with Gasteiger partial charge in [0.2, 0.25) is 0 Å². The van der Waals surface area contributed by atoms with E-state index in [1.165, 1.54) is 10.6 Å². The van der Waals surface area contributed by atoms with Crippen LogP contribution in [0.3, 0.4) is 0 Å². The molecular formula is C19H22N2O4S. The van der Waals surface area contributed by atoms with E-state index in [9.17, 15) is 13.2 Å². The summed E-state index contributed by atoms with van der Waals surface area (Å²) >= 11 is 0. The fourth-order valence-corrected chi connectivity index (χ4v) is 3.86. The van der Waals surface area contributed by atoms with E-state index in [0.29, 0.717) is 29.2 Å². The second kappa shape index (κ2) is 6.99. The van der Waals surface area contributed by atoms with Crippen LogP contribution in [0.1, 0.15) is 38.7 Å². The summed E-state index contributed by atoms with van der Waals surface area (Å²) in [6.45, 7) is 6.63. The van der Waals surface area contributed by atoms with Crippen molar-refractivity contribution < 1.29 is 12.8 Å². The largest absolute Gasteiger partial charge is 0.419 e. The Kier molecular flexibility index (Phi) is 4.91. The molecule has 7 heteroatoms. The first-order valence-corrected chi connectivity index (χ1v) is 10.1. The summed E-state index contributed by atoms with van der Waals surface area (Å²) in [5.41, 5.74) is 2.44. The Bertz CT molecular complexity index is 1080. The number of rotatable bonds is 6. The third-order valence-corrected chi connectivity index (χ3v) is 5.62. The molecular weight excluding hydrogens is 352 g/mol. The number of nitrogens with zero attached hydrogens (tertiary/aromatic N) is 1. The van der Waals surface area contributed by atoms with Crippen molar-refractivity contribution in [2.45, 2.75) is 44.6 Å². The fraction of sp³-hybridized carbons (Fsp3) is 0.316. The number of hydrogen-bond acceptors (Lipinski definition) is 4. The van der Waals surface area contributed by atoms with Gasteiger partial charge in [0.15, 0.2) is 5.58 Å². The molecule has 0 saturated carbocycles. The summed E-state index contributed by atoms with van der Waals surface area (Å²) in [7, 11) is -3.71. The number of nitrogens with one attached hydrogen (secondary N) is 1. The lowest BCUT2D eigenvalue weighted by Gasteiger charge is -2.10. The van der Waals surface area contributed by atoms with Gasteiger partial charge in [-0.2, -0.15) is 0 Å². The molecule has 0 atom stereocenters. The topological polar surface area (TPSA) is 81.3 Å². The molecule has 1 heterocycles. The molecule has 26 heavy (non-hydrogen) atoms. The van der Waals surface area contributed by atoms with Crippen LogP contribution in [-0.2, 0) is 16.6 Å². The average Bonchev–Trinajstić information content (AvgIpc) is 2.90. The second-order valence-electron chi connectivity index (χ2n) is 6.53. The molecule has 0 spiro atoms. The molecule has 3 rings (SSSR count). The van der Waals surface area contributed by atoms with Gasteiger partial charge in [-0.1, -0.05) is 32.9 Å². The predicted octanol–water partition coefficient (Wildman–Crippen LogP) is 3.93. The first-order chi connectivity index (χ1) is 12.3. The fourth-order valence-electron chi connectivity index (χ4n) is 2.81. The van der Waals surface area contributed by atoms with Crippen molar-refractivity contribution in [2.24, 2.45) is 0 Å². The summed E-state index contributed by atoms with van der Waals surface area (Å²) in [6, 6.07) is 11.7. The molecule has 0 saturated heterocycles. The van der Waals surface area contributed by atoms with Crippen molar-refractivity contribution in [3.8, 4) is 0 Å². The van der Waals surface area contributed by atoms with E-state index in [-0.39, 0.29) is 4.90 Å². The van der Waals surface area contributed by atoms with Crippen molar-refractivity contribution in [3.63, 3.8) is 0 Å². The third-order valence-electron chi connectivity index (χ3n) is 4.22. The van der Waals surface area contributed by atoms with Gasteiger partial charge in [-0.15, -0.1) is 0 Å². The van der Waals surface area contributed by atoms with Crippen LogP contribution in [0, 0.1) is 0 Å². The number of sulfonamides is 1. The van der Waals surface area contributed by atoms with Crippen LogP contribution in [-0.4, -0.2) is 13.0 Å². The monoisotopic (exact) mass is 374 g/mol. The molecule has 0 aliphatic carbocycles. The Morgan fingerprint density at radius 1 is 1.12 bits per heavy atom. The highest BCUT2D eigenvalue weighted by Gasteiger charge is 2.16. The van der Waals surface area contributed by atoms with Crippen LogP contribution in [0.2, 0.25) is 0 Å². The van der Waals surface area contributed by atoms with E-state index >= 15 is 0 Å². The lowest BCUT2D eigenvalue weighted by Crippen LogP contribution is -2.13. The molecule has 2 aromatic carbocycles. The van der Waals surface area contributed by atoms with Gasteiger partial charge in [0.25, 0.3) is 10.0 Å². The molecule has 1 N–H and O–H groups in total. The van der Waals surface area contributed by atoms with Crippen molar-refractivity contribution in [2.75, 3.05) is 4.72 Å². The van der Waals surface area contributed by atoms with Crippen LogP contribution in [0.4, 0.5) is 5.69 Å². The molecule has 0 fully saturated rings. The van der Waals surface area contributed by atoms with E-state index < -0.39 is 15.8 Å². The Balaban J connectivity index is 1.91. The van der Waals surface area contributed by atoms with Crippen molar-refractivity contribution in [1.29, 1.82) is 0 Å². The van der Waals surface area contributed by atoms with E-state index in [0.717, 1.165) is 12.0 Å². The van der Waals surface area contributed by atoms with Gasteiger partial charge in [-0.3, -0.25) is 9.29 Å². The molecule has 0 aliphatic heterocycles. The maximum Gasteiger partial charge on any atom is 0.419 e. The minimum atomic E-state index is -3.71. The minimum Gasteiger partial charge on any atom is -0.408 e. The van der Waals surface area contributed by atoms with Gasteiger partial charge in [0.1, 0.15) is 0 Å². The van der Waals surface area contributed by atoms with Gasteiger partial charge in [-0.05, 0) is 42.2 Å². The maximum atomic E-state index is 12.6. The number of aryl methyl sites for hydroxylation is 1. The third kappa shape index (κ3) is 3.53. The normalized spacial score (nSPS) is 12.0. The smallest absolute Gasteiger partial charge is 0.408 e. The Hall–Kier alpha value is -2.54. The first kappa shape index (κ1) is 18.3. The summed E-state index contributed by atoms with van der Waals surface area (Å²) in [5.74, 6) is -0.108. The molecule has 6 nitrogen and oxygen atoms in total. The Morgan fingerprint density at radius 2 is 1.81 bits per heavy atom. The van der Waals surface area contributed by atoms with E-state index in [1.54, 1.807) is 24.3 Å². The zero-order chi connectivity index (χ0) is 18.9. The van der Waals surface area contributed by atoms with Crippen LogP contribution in [0.15, 0.2) is 56.6 Å². The summed E-state index contributed by atoms with van der Waals surface area (Å²) in [4.78, 5) is 12.1. The summed E-state index contributed by atoms with van der Waals surface area (Å²) in [5, 5.41) is 0. The van der Waals surface area contributed by atoms with Gasteiger partial charge in [0, 0.05) is 12.6 Å². The predicted molar refractivity (Wildman–Crippen MR) is 102 cm³/mol. The summed E-state index contributed by atoms with van der Waals surface area (Å²) < 4.78 is 34.5. The van der Waals surface area contributed by atoms with Gasteiger partial charge >= 0.3 is 5.76 Å². The van der Waals surface area contributed by atoms with Crippen molar-refractivity contribution in [3.05, 3.63) is 58.6 Å². The van der Waals surface area contributed by atoms with E-state index in [4.69, 9.17) is 4.42 Å². The first-order valence-electron chi connectivity index (χ1n) is 8.58. The zero-order valence-electron chi connectivity index (χ0n) is 15.0. The van der Waals surface area contributed by atoms with E-state index in [1.807, 2.05) is 19.1 Å². The molecule has 0 bridgehead atoms. The zero-order valence-corrected chi connectivity index (χ0v) is 15.8. The number of anilines is 1. The molecule has 0 aliphatic rings. The molecule has 138 valence electrons. The SMILES string of the molecule is CCCn1c(=O)oc2cc(NS(=O)(=O)c3ccc(C(C)C)cc3)ccc21. The highest BCUT2D eigenvalue weighted by molar-refractivity contribution is 7.92. The molecule has 0 radical (unpaired) electrons. The number of hydrogen-bond donors (Lipinski definition) is 1. The number of fused-ring (bicyclic) bond motifs is 1. The minimum absolute atomic E-state index is 0.187. The Morgan fingerprint density at radius 3 is 2.42 bits per heavy atom. The standard InChI is InChI=1S/C19H22N2O4S/c1-4-11-21-17-10-7-15(12-18(17)25-19(21)22)20-26(23,24)16-8-5-14(6-9-16)13(2)3/h5-10,12-13,20H,4,11H2,1-3H3. The van der Waals surface area contributed by atoms with Gasteiger partial charge in [-0.25, -0.2) is 13.2 Å². The van der Waals surface area contributed by atoms with Crippen LogP contribution in [0.5, 0.6) is 0 Å². The Labute approximate surface area is 152 Å². The lowest BCUT2D eigenvalue weighted by molar-refractivity contribution is 0.502. The summed E-state index contributed by atoms with van der Waals surface area (Å²) in [6.07, 6.45) is 0.801. The van der Waals surface area contributed by atoms with Crippen LogP contribution in [0.25, 0.3) is 11.1 Å². The number of benzene rings is 2. The van der Waals surface area contributed by atoms with Crippen LogP contribution >= 0.6 is 0 Å². The highest BCUT2D eigenvalue weighted by atomic mass is 32.2.